The van der Waals surface area contributed by atoms with Gasteiger partial charge < -0.3 is 0 Å². The fraction of sp³-hybridized carbons (Fsp3) is 0.444. The molecule has 0 unspecified atom stereocenters. The molecule has 0 spiro atoms. The van der Waals surface area contributed by atoms with Gasteiger partial charge in [-0.1, -0.05) is 31.0 Å². The third-order valence-electron chi connectivity index (χ3n) is 4.19. The van der Waals surface area contributed by atoms with Gasteiger partial charge in [-0.3, -0.25) is 4.79 Å². The Bertz CT molecular complexity index is 890. The lowest BCUT2D eigenvalue weighted by molar-refractivity contribution is 0.0942. The number of nitrogens with zero attached hydrogens (tertiary/aromatic N) is 3. The number of aryl methyl sites for hydroxylation is 3. The molecule has 136 valence electrons. The number of rotatable bonds is 5. The third kappa shape index (κ3) is 3.52. The van der Waals surface area contributed by atoms with Crippen LogP contribution >= 0.6 is 0 Å². The van der Waals surface area contributed by atoms with Crippen LogP contribution in [0.3, 0.4) is 0 Å². The van der Waals surface area contributed by atoms with Crippen molar-refractivity contribution in [3.63, 3.8) is 0 Å². The van der Waals surface area contributed by atoms with Gasteiger partial charge in [-0.2, -0.15) is 14.1 Å². The van der Waals surface area contributed by atoms with Crippen LogP contribution < -0.4 is 0 Å². The summed E-state index contributed by atoms with van der Waals surface area (Å²) in [6, 6.07) is 5.54. The lowest BCUT2D eigenvalue weighted by atomic mass is 10.1. The molecule has 6 nitrogen and oxygen atoms in total. The molecule has 0 N–H and O–H groups in total. The first-order chi connectivity index (χ1) is 11.6. The molecular formula is C18H25N3O3S. The molecular weight excluding hydrogens is 338 g/mol. The Morgan fingerprint density at radius 3 is 2.04 bits per heavy atom. The fourth-order valence-electron chi connectivity index (χ4n) is 3.11. The zero-order valence-corrected chi connectivity index (χ0v) is 16.4. The molecule has 1 aromatic carbocycles. The Hall–Kier alpha value is -1.99. The molecule has 0 amide bonds. The summed E-state index contributed by atoms with van der Waals surface area (Å²) in [7, 11) is -3.68. The summed E-state index contributed by atoms with van der Waals surface area (Å²) in [4.78, 5) is 13.0. The molecule has 2 aromatic rings. The molecule has 0 saturated carbocycles. The average Bonchev–Trinajstić information content (AvgIpc) is 2.81. The summed E-state index contributed by atoms with van der Waals surface area (Å²) in [5.41, 5.74) is 3.12. The minimum Gasteiger partial charge on any atom is -0.267 e. The number of hydrogen-bond acceptors (Lipinski definition) is 4. The van der Waals surface area contributed by atoms with Crippen LogP contribution in [-0.4, -0.2) is 41.5 Å². The van der Waals surface area contributed by atoms with Crippen LogP contribution in [0.15, 0.2) is 23.1 Å². The van der Waals surface area contributed by atoms with E-state index in [1.807, 2.05) is 19.9 Å². The molecule has 0 aliphatic heterocycles. The highest BCUT2D eigenvalue weighted by Gasteiger charge is 2.30. The third-order valence-corrected chi connectivity index (χ3v) is 6.49. The van der Waals surface area contributed by atoms with E-state index in [2.05, 4.69) is 5.10 Å². The molecule has 2 rings (SSSR count). The van der Waals surface area contributed by atoms with E-state index in [9.17, 15) is 13.2 Å². The first-order valence-corrected chi connectivity index (χ1v) is 9.76. The van der Waals surface area contributed by atoms with E-state index in [1.54, 1.807) is 39.8 Å². The number of aromatic nitrogens is 2. The smallest absolute Gasteiger partial charge is 0.267 e. The van der Waals surface area contributed by atoms with Gasteiger partial charge >= 0.3 is 0 Å². The fourth-order valence-corrected chi connectivity index (χ4v) is 4.92. The van der Waals surface area contributed by atoms with Crippen molar-refractivity contribution in [2.45, 2.75) is 46.4 Å². The number of hydrogen-bond donors (Lipinski definition) is 0. The highest BCUT2D eigenvalue weighted by atomic mass is 32.2. The molecule has 0 atom stereocenters. The lowest BCUT2D eigenvalue weighted by Gasteiger charge is -2.18. The van der Waals surface area contributed by atoms with E-state index in [-0.39, 0.29) is 10.8 Å². The van der Waals surface area contributed by atoms with Gasteiger partial charge in [-0.15, -0.1) is 0 Å². The standard InChI is InChI=1S/C18H25N3O3S/c1-7-20(8-2)25(23,24)17-14(5)19-21(15(17)6)18(22)16-10-12(3)9-13(4)11-16/h9-11H,7-8H2,1-6H3. The summed E-state index contributed by atoms with van der Waals surface area (Å²) < 4.78 is 28.3. The second-order valence-electron chi connectivity index (χ2n) is 6.18. The summed E-state index contributed by atoms with van der Waals surface area (Å²) in [6.07, 6.45) is 0. The molecule has 0 radical (unpaired) electrons. The number of benzene rings is 1. The molecule has 1 aromatic heterocycles. The van der Waals surface area contributed by atoms with Crippen LogP contribution in [-0.2, 0) is 10.0 Å². The van der Waals surface area contributed by atoms with Crippen LogP contribution in [0, 0.1) is 27.7 Å². The highest BCUT2D eigenvalue weighted by Crippen LogP contribution is 2.24. The van der Waals surface area contributed by atoms with Gasteiger partial charge in [-0.25, -0.2) is 8.42 Å². The van der Waals surface area contributed by atoms with Gasteiger partial charge in [0, 0.05) is 18.7 Å². The number of carbonyl (C=O) groups excluding carboxylic acids is 1. The quantitative estimate of drug-likeness (QED) is 0.819. The van der Waals surface area contributed by atoms with Crippen LogP contribution in [0.4, 0.5) is 0 Å². The van der Waals surface area contributed by atoms with E-state index in [1.165, 1.54) is 8.99 Å². The van der Waals surface area contributed by atoms with Gasteiger partial charge in [-0.05, 0) is 39.8 Å². The summed E-state index contributed by atoms with van der Waals surface area (Å²) in [5.74, 6) is -0.326. The van der Waals surface area contributed by atoms with Crippen molar-refractivity contribution in [1.82, 2.24) is 14.1 Å². The van der Waals surface area contributed by atoms with Crippen molar-refractivity contribution in [2.75, 3.05) is 13.1 Å². The maximum atomic E-state index is 12.9. The Labute approximate surface area is 149 Å². The van der Waals surface area contributed by atoms with Crippen molar-refractivity contribution in [2.24, 2.45) is 0 Å². The molecule has 0 saturated heterocycles. The van der Waals surface area contributed by atoms with E-state index in [4.69, 9.17) is 0 Å². The van der Waals surface area contributed by atoms with Crippen molar-refractivity contribution in [1.29, 1.82) is 0 Å². The second kappa shape index (κ2) is 7.09. The van der Waals surface area contributed by atoms with Crippen LogP contribution in [0.2, 0.25) is 0 Å². The Kier molecular flexibility index (Phi) is 5.49. The van der Waals surface area contributed by atoms with Crippen LogP contribution in [0.5, 0.6) is 0 Å². The number of sulfonamides is 1. The van der Waals surface area contributed by atoms with Gasteiger partial charge in [0.1, 0.15) is 4.90 Å². The highest BCUT2D eigenvalue weighted by molar-refractivity contribution is 7.89. The first kappa shape index (κ1) is 19.3. The minimum absolute atomic E-state index is 0.119. The number of carbonyl (C=O) groups is 1. The monoisotopic (exact) mass is 363 g/mol. The molecule has 0 fully saturated rings. The molecule has 1 heterocycles. The molecule has 7 heteroatoms. The predicted molar refractivity (Wildman–Crippen MR) is 97.5 cm³/mol. The first-order valence-electron chi connectivity index (χ1n) is 8.32. The Balaban J connectivity index is 2.58. The van der Waals surface area contributed by atoms with Gasteiger partial charge in [0.05, 0.1) is 11.4 Å². The van der Waals surface area contributed by atoms with E-state index in [0.717, 1.165) is 11.1 Å². The average molecular weight is 363 g/mol. The van der Waals surface area contributed by atoms with Crippen molar-refractivity contribution in [3.8, 4) is 0 Å². The molecule has 0 aliphatic carbocycles. The summed E-state index contributed by atoms with van der Waals surface area (Å²) >= 11 is 0. The van der Waals surface area contributed by atoms with Crippen LogP contribution in [0.1, 0.15) is 46.7 Å². The summed E-state index contributed by atoms with van der Waals surface area (Å²) in [5, 5.41) is 4.22. The normalized spacial score (nSPS) is 12.0. The van der Waals surface area contributed by atoms with Crippen molar-refractivity contribution < 1.29 is 13.2 Å². The molecule has 0 aliphatic rings. The van der Waals surface area contributed by atoms with E-state index in [0.29, 0.717) is 30.0 Å². The Morgan fingerprint density at radius 2 is 1.56 bits per heavy atom. The maximum Gasteiger partial charge on any atom is 0.278 e. The Morgan fingerprint density at radius 1 is 1.04 bits per heavy atom. The topological polar surface area (TPSA) is 72.3 Å². The van der Waals surface area contributed by atoms with Crippen LogP contribution in [0.25, 0.3) is 0 Å². The van der Waals surface area contributed by atoms with Gasteiger partial charge in [0.2, 0.25) is 10.0 Å². The molecule has 0 bridgehead atoms. The summed E-state index contributed by atoms with van der Waals surface area (Å²) in [6.45, 7) is 11.4. The molecule has 25 heavy (non-hydrogen) atoms. The zero-order chi connectivity index (χ0) is 18.9. The largest absolute Gasteiger partial charge is 0.278 e. The van der Waals surface area contributed by atoms with E-state index >= 15 is 0 Å². The van der Waals surface area contributed by atoms with Crippen molar-refractivity contribution >= 4 is 15.9 Å². The predicted octanol–water partition coefficient (Wildman–Crippen LogP) is 2.84. The lowest BCUT2D eigenvalue weighted by Crippen LogP contribution is -2.31. The maximum absolute atomic E-state index is 12.9. The second-order valence-corrected chi connectivity index (χ2v) is 8.06. The van der Waals surface area contributed by atoms with Crippen molar-refractivity contribution in [3.05, 3.63) is 46.3 Å². The minimum atomic E-state index is -3.68. The zero-order valence-electron chi connectivity index (χ0n) is 15.6. The van der Waals surface area contributed by atoms with Gasteiger partial charge in [0.15, 0.2) is 0 Å². The van der Waals surface area contributed by atoms with E-state index < -0.39 is 10.0 Å². The SMILES string of the molecule is CCN(CC)S(=O)(=O)c1c(C)nn(C(=O)c2cc(C)cc(C)c2)c1C. The van der Waals surface area contributed by atoms with Gasteiger partial charge in [0.25, 0.3) is 5.91 Å².